The highest BCUT2D eigenvalue weighted by atomic mass is 15.2. The smallest absolute Gasteiger partial charge is 0.0537 e. The summed E-state index contributed by atoms with van der Waals surface area (Å²) in [4.78, 5) is 0. The van der Waals surface area contributed by atoms with Crippen LogP contribution in [-0.4, -0.2) is 16.3 Å². The maximum absolute atomic E-state index is 4.18. The van der Waals surface area contributed by atoms with Gasteiger partial charge in [-0.1, -0.05) is 13.0 Å². The largest absolute Gasteiger partial charge is 0.310 e. The lowest BCUT2D eigenvalue weighted by atomic mass is 10.1. The van der Waals surface area contributed by atoms with Crippen LogP contribution in [0.15, 0.2) is 25.0 Å². The van der Waals surface area contributed by atoms with Crippen molar-refractivity contribution >= 4 is 0 Å². The minimum absolute atomic E-state index is 0.409. The predicted octanol–water partition coefficient (Wildman–Crippen LogP) is 2.04. The lowest BCUT2D eigenvalue weighted by Crippen LogP contribution is -2.20. The van der Waals surface area contributed by atoms with E-state index >= 15 is 0 Å². The zero-order valence-corrected chi connectivity index (χ0v) is 9.03. The van der Waals surface area contributed by atoms with E-state index in [4.69, 9.17) is 0 Å². The Hall–Kier alpha value is -1.09. The zero-order valence-electron chi connectivity index (χ0n) is 9.03. The molecule has 1 unspecified atom stereocenters. The molecular formula is C11H19N3. The second-order valence-corrected chi connectivity index (χ2v) is 3.42. The van der Waals surface area contributed by atoms with Gasteiger partial charge in [0.05, 0.1) is 6.20 Å². The van der Waals surface area contributed by atoms with Gasteiger partial charge >= 0.3 is 0 Å². The van der Waals surface area contributed by atoms with Gasteiger partial charge in [-0.05, 0) is 19.4 Å². The second-order valence-electron chi connectivity index (χ2n) is 3.42. The van der Waals surface area contributed by atoms with Crippen LogP contribution in [0.1, 0.15) is 31.4 Å². The average Bonchev–Trinajstić information content (AvgIpc) is 2.59. The Labute approximate surface area is 85.8 Å². The molecule has 0 bridgehead atoms. The molecule has 0 spiro atoms. The third-order valence-corrected chi connectivity index (χ3v) is 2.24. The molecule has 1 heterocycles. The first kappa shape index (κ1) is 11.0. The Balaban J connectivity index is 2.61. The molecule has 0 saturated carbocycles. The molecule has 0 saturated heterocycles. The van der Waals surface area contributed by atoms with Crippen molar-refractivity contribution < 1.29 is 0 Å². The standard InChI is InChI=1S/C11H19N3/c1-4-6-7-11(12-5-2)10-8-13-14(3)9-10/h4,8-9,11-12H,1,5-7H2,2-3H3. The molecule has 0 aliphatic heterocycles. The van der Waals surface area contributed by atoms with Gasteiger partial charge in [-0.15, -0.1) is 6.58 Å². The Morgan fingerprint density at radius 2 is 2.50 bits per heavy atom. The lowest BCUT2D eigenvalue weighted by molar-refractivity contribution is 0.519. The second kappa shape index (κ2) is 5.60. The average molecular weight is 193 g/mol. The van der Waals surface area contributed by atoms with Gasteiger partial charge in [0.15, 0.2) is 0 Å². The van der Waals surface area contributed by atoms with Crippen molar-refractivity contribution in [3.63, 3.8) is 0 Å². The summed E-state index contributed by atoms with van der Waals surface area (Å²) in [5, 5.41) is 7.62. The molecule has 0 fully saturated rings. The molecular weight excluding hydrogens is 174 g/mol. The van der Waals surface area contributed by atoms with Crippen LogP contribution in [0.3, 0.4) is 0 Å². The maximum atomic E-state index is 4.18. The van der Waals surface area contributed by atoms with Crippen molar-refractivity contribution in [2.45, 2.75) is 25.8 Å². The van der Waals surface area contributed by atoms with E-state index in [0.29, 0.717) is 6.04 Å². The van der Waals surface area contributed by atoms with Gasteiger partial charge in [-0.25, -0.2) is 0 Å². The number of aromatic nitrogens is 2. The van der Waals surface area contributed by atoms with Crippen molar-refractivity contribution in [1.82, 2.24) is 15.1 Å². The molecule has 0 aromatic carbocycles. The monoisotopic (exact) mass is 193 g/mol. The third-order valence-electron chi connectivity index (χ3n) is 2.24. The van der Waals surface area contributed by atoms with Crippen molar-refractivity contribution in [2.24, 2.45) is 7.05 Å². The first-order valence-electron chi connectivity index (χ1n) is 5.10. The van der Waals surface area contributed by atoms with E-state index in [-0.39, 0.29) is 0 Å². The molecule has 1 rings (SSSR count). The Morgan fingerprint density at radius 1 is 1.71 bits per heavy atom. The summed E-state index contributed by atoms with van der Waals surface area (Å²) in [6.45, 7) is 6.85. The minimum Gasteiger partial charge on any atom is -0.310 e. The Kier molecular flexibility index (Phi) is 4.40. The lowest BCUT2D eigenvalue weighted by Gasteiger charge is -2.14. The summed E-state index contributed by atoms with van der Waals surface area (Å²) in [6, 6.07) is 0.409. The van der Waals surface area contributed by atoms with E-state index in [0.717, 1.165) is 19.4 Å². The van der Waals surface area contributed by atoms with Crippen molar-refractivity contribution in [3.05, 3.63) is 30.6 Å². The fourth-order valence-corrected chi connectivity index (χ4v) is 1.54. The summed E-state index contributed by atoms with van der Waals surface area (Å²) in [5.41, 5.74) is 1.26. The van der Waals surface area contributed by atoms with Crippen LogP contribution >= 0.6 is 0 Å². The van der Waals surface area contributed by atoms with Gasteiger partial charge in [-0.3, -0.25) is 4.68 Å². The van der Waals surface area contributed by atoms with E-state index in [9.17, 15) is 0 Å². The first-order valence-corrected chi connectivity index (χ1v) is 5.10. The Bertz CT molecular complexity index is 278. The highest BCUT2D eigenvalue weighted by Crippen LogP contribution is 2.17. The molecule has 0 aliphatic carbocycles. The Morgan fingerprint density at radius 3 is 3.00 bits per heavy atom. The summed E-state index contributed by atoms with van der Waals surface area (Å²) in [7, 11) is 1.94. The van der Waals surface area contributed by atoms with Gasteiger partial charge in [0, 0.05) is 24.8 Å². The summed E-state index contributed by atoms with van der Waals surface area (Å²) in [6.07, 6.45) is 8.07. The molecule has 14 heavy (non-hydrogen) atoms. The number of hydrogen-bond donors (Lipinski definition) is 1. The molecule has 3 nitrogen and oxygen atoms in total. The molecule has 0 aliphatic rings. The van der Waals surface area contributed by atoms with Crippen LogP contribution < -0.4 is 5.32 Å². The van der Waals surface area contributed by atoms with E-state index in [1.54, 1.807) is 0 Å². The molecule has 1 aromatic rings. The van der Waals surface area contributed by atoms with Gasteiger partial charge in [-0.2, -0.15) is 5.10 Å². The first-order chi connectivity index (χ1) is 6.77. The molecule has 1 N–H and O–H groups in total. The number of rotatable bonds is 6. The van der Waals surface area contributed by atoms with Crippen molar-refractivity contribution in [3.8, 4) is 0 Å². The fraction of sp³-hybridized carbons (Fsp3) is 0.545. The van der Waals surface area contributed by atoms with Crippen LogP contribution in [0, 0.1) is 0 Å². The highest BCUT2D eigenvalue weighted by molar-refractivity contribution is 5.10. The van der Waals surface area contributed by atoms with E-state index in [1.807, 2.05) is 24.0 Å². The maximum Gasteiger partial charge on any atom is 0.0537 e. The van der Waals surface area contributed by atoms with Crippen LogP contribution in [0.2, 0.25) is 0 Å². The van der Waals surface area contributed by atoms with E-state index in [1.165, 1.54) is 5.56 Å². The van der Waals surface area contributed by atoms with Gasteiger partial charge in [0.2, 0.25) is 0 Å². The molecule has 3 heteroatoms. The predicted molar refractivity (Wildman–Crippen MR) is 59.1 cm³/mol. The van der Waals surface area contributed by atoms with Gasteiger partial charge < -0.3 is 5.32 Å². The SMILES string of the molecule is C=CCCC(NCC)c1cnn(C)c1. The zero-order chi connectivity index (χ0) is 10.4. The topological polar surface area (TPSA) is 29.9 Å². The quantitative estimate of drug-likeness (QED) is 0.701. The van der Waals surface area contributed by atoms with Gasteiger partial charge in [0.1, 0.15) is 0 Å². The van der Waals surface area contributed by atoms with Crippen LogP contribution in [-0.2, 0) is 7.05 Å². The summed E-state index contributed by atoms with van der Waals surface area (Å²) in [5.74, 6) is 0. The molecule has 0 radical (unpaired) electrons. The molecule has 78 valence electrons. The number of hydrogen-bond acceptors (Lipinski definition) is 2. The van der Waals surface area contributed by atoms with Crippen LogP contribution in [0.4, 0.5) is 0 Å². The van der Waals surface area contributed by atoms with Crippen molar-refractivity contribution in [2.75, 3.05) is 6.54 Å². The highest BCUT2D eigenvalue weighted by Gasteiger charge is 2.10. The third kappa shape index (κ3) is 3.00. The summed E-state index contributed by atoms with van der Waals surface area (Å²) >= 11 is 0. The molecule has 1 atom stereocenters. The molecule has 1 aromatic heterocycles. The van der Waals surface area contributed by atoms with Crippen LogP contribution in [0.25, 0.3) is 0 Å². The number of nitrogens with one attached hydrogen (secondary N) is 1. The van der Waals surface area contributed by atoms with E-state index in [2.05, 4.69) is 30.1 Å². The number of aryl methyl sites for hydroxylation is 1. The summed E-state index contributed by atoms with van der Waals surface area (Å²) < 4.78 is 1.84. The van der Waals surface area contributed by atoms with Crippen LogP contribution in [0.5, 0.6) is 0 Å². The fourth-order valence-electron chi connectivity index (χ4n) is 1.54. The normalized spacial score (nSPS) is 12.7. The molecule has 0 amide bonds. The number of nitrogens with zero attached hydrogens (tertiary/aromatic N) is 2. The van der Waals surface area contributed by atoms with Gasteiger partial charge in [0.25, 0.3) is 0 Å². The van der Waals surface area contributed by atoms with Crippen molar-refractivity contribution in [1.29, 1.82) is 0 Å². The van der Waals surface area contributed by atoms with E-state index < -0.39 is 0 Å². The minimum atomic E-state index is 0.409. The number of allylic oxidation sites excluding steroid dienone is 1.